The quantitative estimate of drug-likeness (QED) is 0.661. The Kier molecular flexibility index (Phi) is 5.51. The van der Waals surface area contributed by atoms with Crippen LogP contribution < -0.4 is 5.32 Å². The first kappa shape index (κ1) is 21.0. The summed E-state index contributed by atoms with van der Waals surface area (Å²) in [6, 6.07) is 7.62. The molecule has 9 heteroatoms. The van der Waals surface area contributed by atoms with Gasteiger partial charge in [-0.2, -0.15) is 26.3 Å². The molecule has 156 valence electrons. The summed E-state index contributed by atoms with van der Waals surface area (Å²) in [5, 5.41) is 1.94. The van der Waals surface area contributed by atoms with Crippen LogP contribution in [-0.4, -0.2) is 29.7 Å². The first-order valence-electron chi connectivity index (χ1n) is 8.87. The Morgan fingerprint density at radius 2 is 1.66 bits per heavy atom. The molecule has 0 unspecified atom stereocenters. The normalized spacial score (nSPS) is 18.2. The molecule has 0 aliphatic carbocycles. The molecule has 3 rings (SSSR count). The molecule has 2 atom stereocenters. The van der Waals surface area contributed by atoms with Crippen molar-refractivity contribution < 1.29 is 31.1 Å². The molecule has 0 saturated carbocycles. The van der Waals surface area contributed by atoms with Crippen molar-refractivity contribution in [2.75, 3.05) is 6.54 Å². The monoisotopic (exact) mass is 416 g/mol. The Hall–Kier alpha value is -2.71. The molecule has 2 aromatic rings. The fraction of sp³-hybridized carbons (Fsp3) is 0.350. The fourth-order valence-electron chi connectivity index (χ4n) is 3.35. The van der Waals surface area contributed by atoms with Gasteiger partial charge in [0.2, 0.25) is 0 Å². The number of nitrogens with zero attached hydrogens (tertiary/aromatic N) is 1. The Balaban J connectivity index is 1.97. The number of hydrogen-bond acceptors (Lipinski definition) is 1. The van der Waals surface area contributed by atoms with E-state index < -0.39 is 36.0 Å². The number of halogens is 6. The summed E-state index contributed by atoms with van der Waals surface area (Å²) >= 11 is 0. The smallest absolute Gasteiger partial charge is 0.326 e. The fourth-order valence-corrected chi connectivity index (χ4v) is 3.35. The van der Waals surface area contributed by atoms with Crippen LogP contribution in [0, 0.1) is 0 Å². The van der Waals surface area contributed by atoms with E-state index in [1.54, 1.807) is 18.2 Å². The van der Waals surface area contributed by atoms with Gasteiger partial charge in [0.05, 0.1) is 11.6 Å². The molecule has 1 N–H and O–H groups in total. The predicted molar refractivity (Wildman–Crippen MR) is 94.2 cm³/mol. The van der Waals surface area contributed by atoms with Crippen molar-refractivity contribution in [1.82, 2.24) is 10.2 Å². The van der Waals surface area contributed by atoms with Crippen molar-refractivity contribution in [3.8, 4) is 0 Å². The van der Waals surface area contributed by atoms with Crippen LogP contribution in [0.2, 0.25) is 0 Å². The summed E-state index contributed by atoms with van der Waals surface area (Å²) in [4.78, 5) is 13.8. The number of urea groups is 1. The van der Waals surface area contributed by atoms with Crippen LogP contribution in [-0.2, 0) is 12.6 Å². The molecular weight excluding hydrogens is 398 g/mol. The van der Waals surface area contributed by atoms with Gasteiger partial charge in [0.1, 0.15) is 6.04 Å². The molecule has 3 nitrogen and oxygen atoms in total. The van der Waals surface area contributed by atoms with Crippen molar-refractivity contribution in [2.45, 2.75) is 37.8 Å². The molecular formula is C20H18F6N2O. The molecule has 2 aromatic carbocycles. The third-order valence-electron chi connectivity index (χ3n) is 4.93. The highest BCUT2D eigenvalue weighted by Gasteiger charge is 2.40. The highest BCUT2D eigenvalue weighted by atomic mass is 19.4. The molecule has 0 saturated heterocycles. The summed E-state index contributed by atoms with van der Waals surface area (Å²) in [7, 11) is 0. The molecule has 0 fully saturated rings. The summed E-state index contributed by atoms with van der Waals surface area (Å²) < 4.78 is 77.2. The molecule has 0 aromatic heterocycles. The van der Waals surface area contributed by atoms with E-state index in [1.807, 2.05) is 11.4 Å². The first-order chi connectivity index (χ1) is 13.5. The molecule has 1 aliphatic rings. The molecule has 0 radical (unpaired) electrons. The van der Waals surface area contributed by atoms with Crippen LogP contribution in [0.5, 0.6) is 0 Å². The zero-order chi connectivity index (χ0) is 21.4. The van der Waals surface area contributed by atoms with E-state index >= 15 is 0 Å². The van der Waals surface area contributed by atoms with E-state index in [1.165, 1.54) is 17.0 Å². The van der Waals surface area contributed by atoms with Crippen molar-refractivity contribution in [1.29, 1.82) is 0 Å². The van der Waals surface area contributed by atoms with Crippen LogP contribution in [0.25, 0.3) is 0 Å². The van der Waals surface area contributed by atoms with E-state index in [9.17, 15) is 31.1 Å². The topological polar surface area (TPSA) is 32.3 Å². The maximum Gasteiger partial charge on any atom is 0.416 e. The van der Waals surface area contributed by atoms with Crippen molar-refractivity contribution in [3.05, 3.63) is 70.8 Å². The number of nitrogens with one attached hydrogen (secondary N) is 1. The van der Waals surface area contributed by atoms with Gasteiger partial charge in [-0.25, -0.2) is 4.79 Å². The lowest BCUT2D eigenvalue weighted by Gasteiger charge is -2.38. The van der Waals surface area contributed by atoms with Gasteiger partial charge in [-0.3, -0.25) is 0 Å². The molecule has 29 heavy (non-hydrogen) atoms. The lowest BCUT2D eigenvalue weighted by molar-refractivity contribution is -0.149. The Bertz CT molecular complexity index is 876. The summed E-state index contributed by atoms with van der Waals surface area (Å²) in [5.41, 5.74) is 1.12. The third-order valence-corrected chi connectivity index (χ3v) is 4.93. The lowest BCUT2D eigenvalue weighted by Crippen LogP contribution is -2.52. The minimum atomic E-state index is -4.60. The summed E-state index contributed by atoms with van der Waals surface area (Å²) in [5.74, 6) is 0. The number of carbonyl (C=O) groups excluding carboxylic acids is 1. The van der Waals surface area contributed by atoms with Gasteiger partial charge >= 0.3 is 18.4 Å². The number of carbonyl (C=O) groups is 1. The van der Waals surface area contributed by atoms with Crippen LogP contribution in [0.1, 0.15) is 35.2 Å². The maximum atomic E-state index is 12.9. The van der Waals surface area contributed by atoms with E-state index in [2.05, 4.69) is 0 Å². The summed E-state index contributed by atoms with van der Waals surface area (Å²) in [6.07, 6.45) is -8.68. The largest absolute Gasteiger partial charge is 0.416 e. The number of amides is 2. The van der Waals surface area contributed by atoms with Gasteiger partial charge in [-0.1, -0.05) is 36.4 Å². The van der Waals surface area contributed by atoms with E-state index in [-0.39, 0.29) is 6.54 Å². The standard InChI is InChI=1S/C20H18F6N2O/c1-12(19(21,22)23)27-18(29)28-11-10-13-4-2-3-5-16(13)17(28)14-6-8-15(9-7-14)20(24,25)26/h2-9,12,17H,10-11H2,1H3,(H,27,29)/t12-,17-/m1/s1. The number of hydrogen-bond donors (Lipinski definition) is 1. The predicted octanol–water partition coefficient (Wildman–Crippen LogP) is 5.31. The number of benzene rings is 2. The average molecular weight is 416 g/mol. The van der Waals surface area contributed by atoms with Crippen LogP contribution in [0.3, 0.4) is 0 Å². The van der Waals surface area contributed by atoms with Gasteiger partial charge in [0.25, 0.3) is 0 Å². The molecule has 1 heterocycles. The number of rotatable bonds is 2. The third kappa shape index (κ3) is 4.49. The van der Waals surface area contributed by atoms with Crippen LogP contribution in [0.4, 0.5) is 31.1 Å². The maximum absolute atomic E-state index is 12.9. The van der Waals surface area contributed by atoms with Gasteiger partial charge in [-0.05, 0) is 42.2 Å². The van der Waals surface area contributed by atoms with E-state index in [0.29, 0.717) is 17.5 Å². The minimum Gasteiger partial charge on any atom is -0.326 e. The van der Waals surface area contributed by atoms with Gasteiger partial charge in [0.15, 0.2) is 0 Å². The Morgan fingerprint density at radius 3 is 2.24 bits per heavy atom. The lowest BCUT2D eigenvalue weighted by atomic mass is 9.88. The second-order valence-corrected chi connectivity index (χ2v) is 6.88. The van der Waals surface area contributed by atoms with Crippen LogP contribution in [0.15, 0.2) is 48.5 Å². The average Bonchev–Trinajstić information content (AvgIpc) is 2.65. The Morgan fingerprint density at radius 1 is 1.03 bits per heavy atom. The summed E-state index contributed by atoms with van der Waals surface area (Å²) in [6.45, 7) is 0.974. The highest BCUT2D eigenvalue weighted by Crippen LogP contribution is 2.37. The first-order valence-corrected chi connectivity index (χ1v) is 8.87. The number of alkyl halides is 6. The van der Waals surface area contributed by atoms with Gasteiger partial charge in [-0.15, -0.1) is 0 Å². The van der Waals surface area contributed by atoms with E-state index in [4.69, 9.17) is 0 Å². The van der Waals surface area contributed by atoms with Gasteiger partial charge < -0.3 is 10.2 Å². The molecule has 0 bridgehead atoms. The van der Waals surface area contributed by atoms with Crippen molar-refractivity contribution >= 4 is 6.03 Å². The molecule has 0 spiro atoms. The van der Waals surface area contributed by atoms with Crippen molar-refractivity contribution in [3.63, 3.8) is 0 Å². The van der Waals surface area contributed by atoms with Crippen molar-refractivity contribution in [2.24, 2.45) is 0 Å². The zero-order valence-electron chi connectivity index (χ0n) is 15.3. The molecule has 2 amide bonds. The molecule has 1 aliphatic heterocycles. The second-order valence-electron chi connectivity index (χ2n) is 6.88. The second kappa shape index (κ2) is 7.61. The van der Waals surface area contributed by atoms with Gasteiger partial charge in [0, 0.05) is 6.54 Å². The highest BCUT2D eigenvalue weighted by molar-refractivity contribution is 5.76. The van der Waals surface area contributed by atoms with Crippen LogP contribution >= 0.6 is 0 Å². The minimum absolute atomic E-state index is 0.138. The SMILES string of the molecule is C[C@@H](NC(=O)N1CCc2ccccc2[C@H]1c1ccc(C(F)(F)F)cc1)C(F)(F)F. The Labute approximate surface area is 163 Å². The van der Waals surface area contributed by atoms with E-state index in [0.717, 1.165) is 24.6 Å². The zero-order valence-corrected chi connectivity index (χ0v) is 15.3. The number of fused-ring (bicyclic) bond motifs is 1.